The third-order valence-electron chi connectivity index (χ3n) is 4.97. The van der Waals surface area contributed by atoms with Gasteiger partial charge in [0.15, 0.2) is 0 Å². The molecule has 0 saturated carbocycles. The number of H-pyrrole nitrogens is 1. The molecule has 1 aromatic heterocycles. The average molecular weight is 388 g/mol. The second-order valence-corrected chi connectivity index (χ2v) is 8.01. The van der Waals surface area contributed by atoms with Crippen LogP contribution in [0.2, 0.25) is 0 Å². The minimum Gasteiger partial charge on any atom is -0.379 e. The molecule has 2 aliphatic rings. The van der Waals surface area contributed by atoms with E-state index in [4.69, 9.17) is 10.5 Å². The number of anilines is 1. The number of nitrogens with zero attached hydrogens (tertiary/aromatic N) is 4. The molecule has 4 rings (SSSR count). The van der Waals surface area contributed by atoms with Crippen LogP contribution in [0, 0.1) is 5.92 Å². The number of aromatic amines is 1. The van der Waals surface area contributed by atoms with Gasteiger partial charge in [-0.2, -0.15) is 4.98 Å². The Kier molecular flexibility index (Phi) is 5.61. The normalized spacial score (nSPS) is 23.2. The van der Waals surface area contributed by atoms with Gasteiger partial charge in [0, 0.05) is 32.1 Å². The van der Waals surface area contributed by atoms with Gasteiger partial charge in [-0.1, -0.05) is 42.1 Å². The third kappa shape index (κ3) is 4.60. The molecule has 0 spiro atoms. The quantitative estimate of drug-likeness (QED) is 0.732. The molecule has 2 fully saturated rings. The van der Waals surface area contributed by atoms with E-state index in [0.29, 0.717) is 36.6 Å². The molecular weight excluding hydrogens is 364 g/mol. The number of carbonyl (C=O) groups excluding carboxylic acids is 1. The summed E-state index contributed by atoms with van der Waals surface area (Å²) in [4.78, 5) is 21.3. The highest BCUT2D eigenvalue weighted by molar-refractivity contribution is 7.99. The number of ether oxygens (including phenoxy) is 1. The first-order valence-corrected chi connectivity index (χ1v) is 10.1. The first kappa shape index (κ1) is 18.3. The monoisotopic (exact) mass is 388 g/mol. The van der Waals surface area contributed by atoms with Crippen LogP contribution >= 0.6 is 11.8 Å². The predicted molar refractivity (Wildman–Crippen MR) is 103 cm³/mol. The van der Waals surface area contributed by atoms with E-state index in [9.17, 15) is 4.79 Å². The van der Waals surface area contributed by atoms with E-state index >= 15 is 0 Å². The highest BCUT2D eigenvalue weighted by atomic mass is 32.2. The van der Waals surface area contributed by atoms with Crippen LogP contribution in [0.3, 0.4) is 0 Å². The molecule has 2 atom stereocenters. The highest BCUT2D eigenvalue weighted by Gasteiger charge is 2.35. The zero-order valence-electron chi connectivity index (χ0n) is 15.1. The van der Waals surface area contributed by atoms with E-state index in [2.05, 4.69) is 44.3 Å². The summed E-state index contributed by atoms with van der Waals surface area (Å²) in [7, 11) is 0. The van der Waals surface area contributed by atoms with Gasteiger partial charge in [-0.15, -0.1) is 5.10 Å². The average Bonchev–Trinajstić information content (AvgIpc) is 2.88. The lowest BCUT2D eigenvalue weighted by Gasteiger charge is -2.31. The largest absolute Gasteiger partial charge is 0.379 e. The summed E-state index contributed by atoms with van der Waals surface area (Å²) >= 11 is 1.31. The van der Waals surface area contributed by atoms with Gasteiger partial charge in [0.25, 0.3) is 0 Å². The van der Waals surface area contributed by atoms with Crippen molar-refractivity contribution in [1.82, 2.24) is 25.0 Å². The Morgan fingerprint density at radius 2 is 2.11 bits per heavy atom. The standard InChI is InChI=1S/C18H24N6O2S/c19-17-20-18(22-21-17)27-12-16(25)24-8-14-7-23(15(9-24)11-26-10-14)6-13-4-2-1-3-5-13/h1-5,14-15H,6-12H2,(H3,19,20,21,22)/t14-,15+/m1/s1. The summed E-state index contributed by atoms with van der Waals surface area (Å²) in [6, 6.07) is 10.7. The first-order valence-electron chi connectivity index (χ1n) is 9.11. The van der Waals surface area contributed by atoms with Gasteiger partial charge in [-0.25, -0.2) is 5.10 Å². The Bertz CT molecular complexity index is 770. The minimum atomic E-state index is 0.113. The van der Waals surface area contributed by atoms with Crippen molar-refractivity contribution in [2.45, 2.75) is 17.7 Å². The number of carbonyl (C=O) groups is 1. The lowest BCUT2D eigenvalue weighted by Crippen LogP contribution is -2.46. The predicted octanol–water partition coefficient (Wildman–Crippen LogP) is 0.838. The lowest BCUT2D eigenvalue weighted by atomic mass is 10.1. The molecule has 0 aliphatic carbocycles. The molecule has 0 radical (unpaired) electrons. The molecular formula is C18H24N6O2S. The topological polar surface area (TPSA) is 100 Å². The summed E-state index contributed by atoms with van der Waals surface area (Å²) in [5, 5.41) is 7.07. The number of aromatic nitrogens is 3. The maximum atomic E-state index is 12.8. The van der Waals surface area contributed by atoms with Gasteiger partial charge in [0.05, 0.1) is 25.0 Å². The van der Waals surface area contributed by atoms with E-state index < -0.39 is 0 Å². The van der Waals surface area contributed by atoms with E-state index in [1.165, 1.54) is 17.3 Å². The van der Waals surface area contributed by atoms with Gasteiger partial charge >= 0.3 is 0 Å². The molecule has 27 heavy (non-hydrogen) atoms. The number of nitrogens with one attached hydrogen (secondary N) is 1. The van der Waals surface area contributed by atoms with Crippen LogP contribution in [-0.2, 0) is 16.1 Å². The molecule has 2 saturated heterocycles. The number of amides is 1. The van der Waals surface area contributed by atoms with Crippen LogP contribution in [0.1, 0.15) is 5.56 Å². The molecule has 8 nitrogen and oxygen atoms in total. The van der Waals surface area contributed by atoms with Crippen LogP contribution in [0.25, 0.3) is 0 Å². The molecule has 2 aliphatic heterocycles. The molecule has 2 bridgehead atoms. The maximum absolute atomic E-state index is 12.8. The summed E-state index contributed by atoms with van der Waals surface area (Å²) in [6.07, 6.45) is 0. The molecule has 2 aromatic rings. The van der Waals surface area contributed by atoms with Crippen molar-refractivity contribution in [2.24, 2.45) is 5.92 Å². The van der Waals surface area contributed by atoms with Crippen LogP contribution in [0.15, 0.2) is 35.5 Å². The van der Waals surface area contributed by atoms with Crippen molar-refractivity contribution >= 4 is 23.6 Å². The Labute approximate surface area is 162 Å². The van der Waals surface area contributed by atoms with Gasteiger partial charge in [-0.3, -0.25) is 9.69 Å². The van der Waals surface area contributed by atoms with Gasteiger partial charge < -0.3 is 15.4 Å². The van der Waals surface area contributed by atoms with Crippen molar-refractivity contribution in [1.29, 1.82) is 0 Å². The van der Waals surface area contributed by atoms with Crippen molar-refractivity contribution < 1.29 is 9.53 Å². The van der Waals surface area contributed by atoms with E-state index in [-0.39, 0.29) is 17.9 Å². The maximum Gasteiger partial charge on any atom is 0.233 e. The first-order chi connectivity index (χ1) is 13.2. The molecule has 3 heterocycles. The molecule has 0 unspecified atom stereocenters. The number of nitrogen functional groups attached to an aromatic ring is 1. The number of nitrogens with two attached hydrogens (primary N) is 1. The number of benzene rings is 1. The van der Waals surface area contributed by atoms with Crippen molar-refractivity contribution in [2.75, 3.05) is 44.3 Å². The molecule has 1 aromatic carbocycles. The van der Waals surface area contributed by atoms with Crippen LogP contribution in [-0.4, -0.2) is 75.5 Å². The Morgan fingerprint density at radius 3 is 2.89 bits per heavy atom. The van der Waals surface area contributed by atoms with Crippen LogP contribution in [0.4, 0.5) is 5.95 Å². The molecule has 144 valence electrons. The third-order valence-corrected chi connectivity index (χ3v) is 5.80. The number of fused-ring (bicyclic) bond motifs is 3. The van der Waals surface area contributed by atoms with Crippen molar-refractivity contribution in [3.05, 3.63) is 35.9 Å². The van der Waals surface area contributed by atoms with E-state index in [1.54, 1.807) is 0 Å². The Morgan fingerprint density at radius 1 is 1.26 bits per heavy atom. The van der Waals surface area contributed by atoms with Gasteiger partial charge in [-0.05, 0) is 5.56 Å². The van der Waals surface area contributed by atoms with Crippen molar-refractivity contribution in [3.63, 3.8) is 0 Å². The zero-order chi connectivity index (χ0) is 18.6. The zero-order valence-corrected chi connectivity index (χ0v) is 15.9. The Hall–Kier alpha value is -2.10. The van der Waals surface area contributed by atoms with E-state index in [0.717, 1.165) is 19.6 Å². The molecule has 9 heteroatoms. The summed E-state index contributed by atoms with van der Waals surface area (Å²) < 4.78 is 5.87. The number of thioether (sulfide) groups is 1. The van der Waals surface area contributed by atoms with Gasteiger partial charge in [0.2, 0.25) is 17.0 Å². The van der Waals surface area contributed by atoms with Crippen molar-refractivity contribution in [3.8, 4) is 0 Å². The highest BCUT2D eigenvalue weighted by Crippen LogP contribution is 2.23. The smallest absolute Gasteiger partial charge is 0.233 e. The lowest BCUT2D eigenvalue weighted by molar-refractivity contribution is -0.130. The number of hydrogen-bond donors (Lipinski definition) is 2. The fraction of sp³-hybridized carbons (Fsp3) is 0.500. The van der Waals surface area contributed by atoms with Crippen LogP contribution in [0.5, 0.6) is 0 Å². The van der Waals surface area contributed by atoms with Crippen LogP contribution < -0.4 is 5.73 Å². The fourth-order valence-corrected chi connectivity index (χ4v) is 4.39. The summed E-state index contributed by atoms with van der Waals surface area (Å²) in [6.45, 7) is 4.64. The molecule has 1 amide bonds. The SMILES string of the molecule is Nc1nc(SCC(=O)N2C[C@@H]3COC[C@H](C2)N(Cc2ccccc2)C3)n[nH]1. The Balaban J connectivity index is 1.40. The molecule has 3 N–H and O–H groups in total. The minimum absolute atomic E-state index is 0.113. The second kappa shape index (κ2) is 8.28. The summed E-state index contributed by atoms with van der Waals surface area (Å²) in [5.41, 5.74) is 6.82. The fourth-order valence-electron chi connectivity index (χ4n) is 3.68. The number of hydrogen-bond acceptors (Lipinski definition) is 7. The van der Waals surface area contributed by atoms with E-state index in [1.807, 2.05) is 11.0 Å². The number of rotatable bonds is 5. The van der Waals surface area contributed by atoms with Gasteiger partial charge in [0.1, 0.15) is 0 Å². The second-order valence-electron chi connectivity index (χ2n) is 7.06. The summed E-state index contributed by atoms with van der Waals surface area (Å²) in [5.74, 6) is 1.02.